The van der Waals surface area contributed by atoms with Gasteiger partial charge >= 0.3 is 0 Å². The molecule has 0 aliphatic rings. The number of hydrogen-bond acceptors (Lipinski definition) is 4. The molecule has 0 saturated heterocycles. The minimum Gasteiger partial charge on any atom is -0.493 e. The lowest BCUT2D eigenvalue weighted by Gasteiger charge is -2.08. The minimum absolute atomic E-state index is 0.760. The average Bonchev–Trinajstić information content (AvgIpc) is 2.75. The summed E-state index contributed by atoms with van der Waals surface area (Å²) in [6.45, 7) is 5.63. The SMILES string of the molecule is CCn1ncc(OC)c1CCCNCCOC. The fourth-order valence-electron chi connectivity index (χ4n) is 1.77. The number of hydrogen-bond donors (Lipinski definition) is 1. The van der Waals surface area contributed by atoms with E-state index in [1.165, 1.54) is 5.69 Å². The fourth-order valence-corrected chi connectivity index (χ4v) is 1.77. The van der Waals surface area contributed by atoms with Crippen LogP contribution in [0.4, 0.5) is 0 Å². The van der Waals surface area contributed by atoms with Crippen molar-refractivity contribution in [1.29, 1.82) is 0 Å². The molecule has 1 N–H and O–H groups in total. The molecular weight excluding hydrogens is 218 g/mol. The van der Waals surface area contributed by atoms with Gasteiger partial charge in [0, 0.05) is 20.2 Å². The van der Waals surface area contributed by atoms with Crippen molar-refractivity contribution in [2.75, 3.05) is 33.9 Å². The normalized spacial score (nSPS) is 10.8. The van der Waals surface area contributed by atoms with E-state index in [-0.39, 0.29) is 0 Å². The zero-order chi connectivity index (χ0) is 12.5. The first-order valence-corrected chi connectivity index (χ1v) is 6.11. The zero-order valence-electron chi connectivity index (χ0n) is 11.0. The van der Waals surface area contributed by atoms with Gasteiger partial charge in [-0.3, -0.25) is 4.68 Å². The van der Waals surface area contributed by atoms with Gasteiger partial charge in [0.2, 0.25) is 0 Å². The van der Waals surface area contributed by atoms with Crippen molar-refractivity contribution >= 4 is 0 Å². The van der Waals surface area contributed by atoms with Crippen molar-refractivity contribution in [2.45, 2.75) is 26.3 Å². The van der Waals surface area contributed by atoms with E-state index >= 15 is 0 Å². The number of rotatable bonds is 9. The summed E-state index contributed by atoms with van der Waals surface area (Å²) in [5.41, 5.74) is 1.18. The van der Waals surface area contributed by atoms with Gasteiger partial charge in [-0.2, -0.15) is 5.10 Å². The maximum Gasteiger partial charge on any atom is 0.159 e. The molecule has 0 atom stereocenters. The fraction of sp³-hybridized carbons (Fsp3) is 0.750. The van der Waals surface area contributed by atoms with Crippen molar-refractivity contribution in [3.05, 3.63) is 11.9 Å². The molecule has 0 aromatic carbocycles. The molecule has 98 valence electrons. The topological polar surface area (TPSA) is 48.3 Å². The molecule has 0 radical (unpaired) electrons. The van der Waals surface area contributed by atoms with E-state index in [0.29, 0.717) is 0 Å². The van der Waals surface area contributed by atoms with Crippen LogP contribution >= 0.6 is 0 Å². The number of nitrogens with zero attached hydrogens (tertiary/aromatic N) is 2. The van der Waals surface area contributed by atoms with Crippen molar-refractivity contribution in [1.82, 2.24) is 15.1 Å². The van der Waals surface area contributed by atoms with Gasteiger partial charge in [-0.25, -0.2) is 0 Å². The molecular formula is C12H23N3O2. The molecule has 0 aliphatic carbocycles. The first-order chi connectivity index (χ1) is 8.33. The molecule has 0 bridgehead atoms. The quantitative estimate of drug-likeness (QED) is 0.657. The van der Waals surface area contributed by atoms with Crippen LogP contribution in [0.1, 0.15) is 19.0 Å². The molecule has 1 heterocycles. The van der Waals surface area contributed by atoms with Gasteiger partial charge in [-0.05, 0) is 26.3 Å². The molecule has 1 rings (SSSR count). The van der Waals surface area contributed by atoms with Crippen molar-refractivity contribution in [2.24, 2.45) is 0 Å². The Hall–Kier alpha value is -1.07. The van der Waals surface area contributed by atoms with Crippen molar-refractivity contribution in [3.8, 4) is 5.75 Å². The van der Waals surface area contributed by atoms with Gasteiger partial charge < -0.3 is 14.8 Å². The predicted octanol–water partition coefficient (Wildman–Crippen LogP) is 1.08. The standard InChI is InChI=1S/C12H23N3O2/c1-4-15-11(12(17-3)10-14-15)6-5-7-13-8-9-16-2/h10,13H,4-9H2,1-3H3. The lowest BCUT2D eigenvalue weighted by molar-refractivity contribution is 0.199. The van der Waals surface area contributed by atoms with Crippen LogP contribution in [-0.4, -0.2) is 43.7 Å². The summed E-state index contributed by atoms with van der Waals surface area (Å²) < 4.78 is 12.3. The van der Waals surface area contributed by atoms with Gasteiger partial charge in [0.1, 0.15) is 0 Å². The summed E-state index contributed by atoms with van der Waals surface area (Å²) in [5, 5.41) is 7.61. The smallest absolute Gasteiger partial charge is 0.159 e. The largest absolute Gasteiger partial charge is 0.493 e. The van der Waals surface area contributed by atoms with Crippen LogP contribution in [0.5, 0.6) is 5.75 Å². The summed E-state index contributed by atoms with van der Waals surface area (Å²) >= 11 is 0. The van der Waals surface area contributed by atoms with E-state index in [4.69, 9.17) is 9.47 Å². The third kappa shape index (κ3) is 4.36. The van der Waals surface area contributed by atoms with Crippen molar-refractivity contribution < 1.29 is 9.47 Å². The van der Waals surface area contributed by atoms with Crippen LogP contribution in [0.25, 0.3) is 0 Å². The van der Waals surface area contributed by atoms with E-state index in [1.54, 1.807) is 20.4 Å². The Morgan fingerprint density at radius 1 is 1.35 bits per heavy atom. The second-order valence-electron chi connectivity index (χ2n) is 3.82. The molecule has 5 nitrogen and oxygen atoms in total. The summed E-state index contributed by atoms with van der Waals surface area (Å²) in [6, 6.07) is 0. The summed E-state index contributed by atoms with van der Waals surface area (Å²) in [4.78, 5) is 0. The Morgan fingerprint density at radius 2 is 2.18 bits per heavy atom. The molecule has 1 aromatic rings. The second-order valence-corrected chi connectivity index (χ2v) is 3.82. The van der Waals surface area contributed by atoms with E-state index in [1.807, 2.05) is 4.68 Å². The second kappa shape index (κ2) is 8.08. The molecule has 0 saturated carbocycles. The van der Waals surface area contributed by atoms with Gasteiger partial charge in [0.15, 0.2) is 5.75 Å². The summed E-state index contributed by atoms with van der Waals surface area (Å²) in [5.74, 6) is 0.892. The molecule has 1 aromatic heterocycles. The Balaban J connectivity index is 2.32. The summed E-state index contributed by atoms with van der Waals surface area (Å²) in [6.07, 6.45) is 3.85. The summed E-state index contributed by atoms with van der Waals surface area (Å²) in [7, 11) is 3.41. The Kier molecular flexibility index (Phi) is 6.65. The zero-order valence-corrected chi connectivity index (χ0v) is 11.0. The van der Waals surface area contributed by atoms with Crippen LogP contribution in [0.15, 0.2) is 6.20 Å². The van der Waals surface area contributed by atoms with E-state index in [9.17, 15) is 0 Å². The lowest BCUT2D eigenvalue weighted by atomic mass is 10.2. The van der Waals surface area contributed by atoms with E-state index in [2.05, 4.69) is 17.3 Å². The van der Waals surface area contributed by atoms with E-state index < -0.39 is 0 Å². The third-order valence-electron chi connectivity index (χ3n) is 2.68. The molecule has 17 heavy (non-hydrogen) atoms. The highest BCUT2D eigenvalue weighted by molar-refractivity contribution is 5.25. The molecule has 0 amide bonds. The van der Waals surface area contributed by atoms with Crippen LogP contribution in [0, 0.1) is 0 Å². The first kappa shape index (κ1) is 14.0. The van der Waals surface area contributed by atoms with Crippen molar-refractivity contribution in [3.63, 3.8) is 0 Å². The number of aryl methyl sites for hydroxylation is 1. The van der Waals surface area contributed by atoms with Crippen LogP contribution in [0.2, 0.25) is 0 Å². The molecule has 5 heteroatoms. The van der Waals surface area contributed by atoms with Gasteiger partial charge in [0.25, 0.3) is 0 Å². The number of methoxy groups -OCH3 is 2. The molecule has 0 fully saturated rings. The average molecular weight is 241 g/mol. The first-order valence-electron chi connectivity index (χ1n) is 6.11. The molecule has 0 unspecified atom stereocenters. The van der Waals surface area contributed by atoms with Crippen LogP contribution in [0.3, 0.4) is 0 Å². The maximum absolute atomic E-state index is 5.30. The van der Waals surface area contributed by atoms with Gasteiger partial charge in [-0.1, -0.05) is 0 Å². The van der Waals surface area contributed by atoms with E-state index in [0.717, 1.165) is 44.8 Å². The number of nitrogens with one attached hydrogen (secondary N) is 1. The highest BCUT2D eigenvalue weighted by atomic mass is 16.5. The Labute approximate surface area is 103 Å². The molecule has 0 aliphatic heterocycles. The third-order valence-corrected chi connectivity index (χ3v) is 2.68. The number of ether oxygens (including phenoxy) is 2. The Bertz CT molecular complexity index is 291. The van der Waals surface area contributed by atoms with Gasteiger partial charge in [-0.15, -0.1) is 0 Å². The maximum atomic E-state index is 5.30. The highest BCUT2D eigenvalue weighted by Gasteiger charge is 2.09. The molecule has 0 spiro atoms. The monoisotopic (exact) mass is 241 g/mol. The number of aromatic nitrogens is 2. The predicted molar refractivity (Wildman–Crippen MR) is 67.5 cm³/mol. The Morgan fingerprint density at radius 3 is 2.82 bits per heavy atom. The minimum atomic E-state index is 0.760. The van der Waals surface area contributed by atoms with Gasteiger partial charge in [0.05, 0.1) is 25.6 Å². The lowest BCUT2D eigenvalue weighted by Crippen LogP contribution is -2.21. The van der Waals surface area contributed by atoms with Crippen LogP contribution in [-0.2, 0) is 17.7 Å². The highest BCUT2D eigenvalue weighted by Crippen LogP contribution is 2.18. The van der Waals surface area contributed by atoms with Crippen LogP contribution < -0.4 is 10.1 Å².